The summed E-state index contributed by atoms with van der Waals surface area (Å²) in [5.41, 5.74) is 6.74. The average Bonchev–Trinajstić information content (AvgIpc) is 3.35. The van der Waals surface area contributed by atoms with Gasteiger partial charge in [0.15, 0.2) is 0 Å². The summed E-state index contributed by atoms with van der Waals surface area (Å²) in [4.78, 5) is 36.8. The smallest absolute Gasteiger partial charge is 0.253 e. The van der Waals surface area contributed by atoms with Crippen LogP contribution >= 0.6 is 0 Å². The molecule has 0 radical (unpaired) electrons. The lowest BCUT2D eigenvalue weighted by Gasteiger charge is -2.49. The summed E-state index contributed by atoms with van der Waals surface area (Å²) in [5, 5.41) is 14.5. The normalized spacial score (nSPS) is 30.4. The van der Waals surface area contributed by atoms with Gasteiger partial charge in [-0.05, 0) is 92.4 Å². The van der Waals surface area contributed by atoms with Gasteiger partial charge in [-0.15, -0.1) is 0 Å². The Labute approximate surface area is 206 Å². The SMILES string of the molecule is CC12CCC3c4ccc(O)cc4CCC3C1CCC2=NNC(=O)CCCCCN1C(=O)C=CC1=O. The molecule has 35 heavy (non-hydrogen) atoms. The number of imide groups is 1. The number of benzene rings is 1. The van der Waals surface area contributed by atoms with Gasteiger partial charge in [0.25, 0.3) is 11.8 Å². The minimum Gasteiger partial charge on any atom is -0.508 e. The first-order valence-corrected chi connectivity index (χ1v) is 13.1. The van der Waals surface area contributed by atoms with E-state index in [1.165, 1.54) is 28.2 Å². The zero-order chi connectivity index (χ0) is 24.6. The molecule has 186 valence electrons. The van der Waals surface area contributed by atoms with Crippen LogP contribution in [-0.4, -0.2) is 40.0 Å². The number of amides is 3. The second kappa shape index (κ2) is 9.59. The lowest BCUT2D eigenvalue weighted by atomic mass is 9.55. The highest BCUT2D eigenvalue weighted by Gasteiger charge is 2.53. The first kappa shape index (κ1) is 23.8. The number of hydrogen-bond donors (Lipinski definition) is 2. The molecule has 5 rings (SSSR count). The monoisotopic (exact) mass is 477 g/mol. The molecule has 2 saturated carbocycles. The number of phenols is 1. The number of aromatic hydroxyl groups is 1. The van der Waals surface area contributed by atoms with E-state index in [-0.39, 0.29) is 23.1 Å². The number of fused-ring (bicyclic) bond motifs is 5. The highest BCUT2D eigenvalue weighted by atomic mass is 16.3. The van der Waals surface area contributed by atoms with E-state index in [2.05, 4.69) is 23.5 Å². The number of hydrogen-bond acceptors (Lipinski definition) is 5. The van der Waals surface area contributed by atoms with Gasteiger partial charge < -0.3 is 5.11 Å². The van der Waals surface area contributed by atoms with E-state index in [0.29, 0.717) is 49.3 Å². The van der Waals surface area contributed by atoms with Crippen LogP contribution < -0.4 is 5.43 Å². The molecule has 4 atom stereocenters. The molecule has 0 bridgehead atoms. The van der Waals surface area contributed by atoms with Crippen molar-refractivity contribution < 1.29 is 19.5 Å². The number of nitrogens with one attached hydrogen (secondary N) is 1. The molecular formula is C28H35N3O4. The van der Waals surface area contributed by atoms with E-state index in [9.17, 15) is 19.5 Å². The zero-order valence-electron chi connectivity index (χ0n) is 20.5. The molecule has 0 aromatic heterocycles. The van der Waals surface area contributed by atoms with Crippen LogP contribution in [0.4, 0.5) is 0 Å². The third-order valence-corrected chi connectivity index (χ3v) is 8.95. The summed E-state index contributed by atoms with van der Waals surface area (Å²) >= 11 is 0. The Kier molecular flexibility index (Phi) is 6.51. The van der Waals surface area contributed by atoms with Crippen molar-refractivity contribution in [1.82, 2.24) is 10.3 Å². The Morgan fingerprint density at radius 3 is 2.71 bits per heavy atom. The van der Waals surface area contributed by atoms with Crippen LogP contribution in [0.2, 0.25) is 0 Å². The van der Waals surface area contributed by atoms with Gasteiger partial charge in [-0.3, -0.25) is 19.3 Å². The maximum Gasteiger partial charge on any atom is 0.253 e. The quantitative estimate of drug-likeness (QED) is 0.349. The van der Waals surface area contributed by atoms with Gasteiger partial charge in [-0.25, -0.2) is 5.43 Å². The number of nitrogens with zero attached hydrogens (tertiary/aromatic N) is 2. The molecule has 1 aliphatic heterocycles. The van der Waals surface area contributed by atoms with Crippen molar-refractivity contribution in [3.8, 4) is 5.75 Å². The van der Waals surface area contributed by atoms with E-state index in [1.54, 1.807) is 0 Å². The van der Waals surface area contributed by atoms with Crippen molar-refractivity contribution in [3.63, 3.8) is 0 Å². The van der Waals surface area contributed by atoms with E-state index in [0.717, 1.165) is 50.7 Å². The maximum absolute atomic E-state index is 12.4. The third kappa shape index (κ3) is 4.53. The summed E-state index contributed by atoms with van der Waals surface area (Å²) in [6.45, 7) is 2.75. The van der Waals surface area contributed by atoms with E-state index in [4.69, 9.17) is 0 Å². The van der Waals surface area contributed by atoms with Crippen LogP contribution in [0.3, 0.4) is 0 Å². The van der Waals surface area contributed by atoms with E-state index >= 15 is 0 Å². The fourth-order valence-corrected chi connectivity index (χ4v) is 7.11. The predicted octanol–water partition coefficient (Wildman–Crippen LogP) is 4.21. The summed E-state index contributed by atoms with van der Waals surface area (Å²) in [6, 6.07) is 5.90. The molecule has 0 spiro atoms. The molecule has 2 fully saturated rings. The lowest BCUT2D eigenvalue weighted by Crippen LogP contribution is -2.43. The van der Waals surface area contributed by atoms with Crippen LogP contribution in [0.25, 0.3) is 0 Å². The Hall–Kier alpha value is -2.96. The lowest BCUT2D eigenvalue weighted by molar-refractivity contribution is -0.136. The standard InChI is InChI=1S/C28H35N3O4/c1-28-15-14-21-20-9-7-19(32)17-18(20)6-8-22(21)23(28)10-11-24(28)29-30-25(33)5-3-2-4-16-31-26(34)12-13-27(31)35/h7,9,12-13,17,21-23,32H,2-6,8,10-11,14-16H2,1H3,(H,30,33). The topological polar surface area (TPSA) is 99.1 Å². The van der Waals surface area contributed by atoms with Crippen molar-refractivity contribution >= 4 is 23.4 Å². The number of carbonyl (C=O) groups is 3. The van der Waals surface area contributed by atoms with Gasteiger partial charge in [-0.1, -0.05) is 19.4 Å². The molecule has 0 saturated heterocycles. The molecule has 3 amide bonds. The second-order valence-electron chi connectivity index (χ2n) is 10.9. The van der Waals surface area contributed by atoms with E-state index in [1.807, 2.05) is 12.1 Å². The molecule has 7 nitrogen and oxygen atoms in total. The molecule has 1 aromatic carbocycles. The van der Waals surface area contributed by atoms with Crippen LogP contribution in [0.15, 0.2) is 35.5 Å². The van der Waals surface area contributed by atoms with Gasteiger partial charge >= 0.3 is 0 Å². The van der Waals surface area contributed by atoms with E-state index < -0.39 is 0 Å². The van der Waals surface area contributed by atoms with Crippen LogP contribution in [0, 0.1) is 17.3 Å². The Balaban J connectivity index is 1.12. The fourth-order valence-electron chi connectivity index (χ4n) is 7.11. The minimum atomic E-state index is -0.252. The van der Waals surface area contributed by atoms with Crippen LogP contribution in [0.1, 0.15) is 81.8 Å². The van der Waals surface area contributed by atoms with Gasteiger partial charge in [0.2, 0.25) is 5.91 Å². The zero-order valence-corrected chi connectivity index (χ0v) is 20.5. The molecule has 1 heterocycles. The molecule has 7 heteroatoms. The second-order valence-corrected chi connectivity index (χ2v) is 10.9. The number of hydrazone groups is 1. The number of aryl methyl sites for hydroxylation is 1. The predicted molar refractivity (Wildman–Crippen MR) is 133 cm³/mol. The average molecular weight is 478 g/mol. The van der Waals surface area contributed by atoms with Crippen molar-refractivity contribution in [2.45, 2.75) is 77.0 Å². The fraction of sp³-hybridized carbons (Fsp3) is 0.571. The number of rotatable bonds is 7. The molecular weight excluding hydrogens is 442 g/mol. The number of unbranched alkanes of at least 4 members (excludes halogenated alkanes) is 2. The van der Waals surface area contributed by atoms with Crippen molar-refractivity contribution in [1.29, 1.82) is 0 Å². The Morgan fingerprint density at radius 1 is 1.11 bits per heavy atom. The molecule has 2 N–H and O–H groups in total. The van der Waals surface area contributed by atoms with Gasteiger partial charge in [0.05, 0.1) is 0 Å². The molecule has 3 aliphatic carbocycles. The van der Waals surface area contributed by atoms with Gasteiger partial charge in [0, 0.05) is 36.2 Å². The van der Waals surface area contributed by atoms with Gasteiger partial charge in [-0.2, -0.15) is 5.10 Å². The third-order valence-electron chi connectivity index (χ3n) is 8.95. The van der Waals surface area contributed by atoms with Crippen molar-refractivity contribution in [3.05, 3.63) is 41.5 Å². The first-order valence-electron chi connectivity index (χ1n) is 13.1. The highest BCUT2D eigenvalue weighted by molar-refractivity contribution is 6.12. The largest absolute Gasteiger partial charge is 0.508 e. The van der Waals surface area contributed by atoms with Crippen molar-refractivity contribution in [2.24, 2.45) is 22.4 Å². The maximum atomic E-state index is 12.4. The van der Waals surface area contributed by atoms with Crippen molar-refractivity contribution in [2.75, 3.05) is 6.54 Å². The Morgan fingerprint density at radius 2 is 1.91 bits per heavy atom. The molecule has 4 aliphatic rings. The summed E-state index contributed by atoms with van der Waals surface area (Å²) in [6.07, 6.45) is 11.6. The van der Waals surface area contributed by atoms with Gasteiger partial charge in [0.1, 0.15) is 5.75 Å². The summed E-state index contributed by atoms with van der Waals surface area (Å²) in [5.74, 6) is 1.58. The summed E-state index contributed by atoms with van der Waals surface area (Å²) in [7, 11) is 0. The first-order chi connectivity index (χ1) is 16.9. The molecule has 4 unspecified atom stereocenters. The number of phenolic OH excluding ortho intramolecular Hbond substituents is 1. The van der Waals surface area contributed by atoms with Crippen LogP contribution in [-0.2, 0) is 20.8 Å². The molecule has 1 aromatic rings. The highest BCUT2D eigenvalue weighted by Crippen LogP contribution is 2.59. The summed E-state index contributed by atoms with van der Waals surface area (Å²) < 4.78 is 0. The minimum absolute atomic E-state index is 0.0473. The van der Waals surface area contributed by atoms with Crippen LogP contribution in [0.5, 0.6) is 5.75 Å². The Bertz CT molecular complexity index is 1080. The number of carbonyl (C=O) groups excluding carboxylic acids is 3.